The average molecular weight is 440 g/mol. The van der Waals surface area contributed by atoms with Crippen molar-refractivity contribution in [3.8, 4) is 11.5 Å². The minimum Gasteiger partial charge on any atom is -0.337 e. The number of nitrogens with zero attached hydrogens (tertiary/aromatic N) is 3. The van der Waals surface area contributed by atoms with Gasteiger partial charge in [0.15, 0.2) is 0 Å². The molecular weight excluding hydrogens is 428 g/mol. The van der Waals surface area contributed by atoms with Crippen LogP contribution >= 0.6 is 31.9 Å². The molecule has 2 aromatic heterocycles. The quantitative estimate of drug-likeness (QED) is 0.758. The van der Waals surface area contributed by atoms with Crippen molar-refractivity contribution in [3.05, 3.63) is 27.1 Å². The van der Waals surface area contributed by atoms with Gasteiger partial charge < -0.3 is 10.3 Å². The van der Waals surface area contributed by atoms with Crippen molar-refractivity contribution in [1.29, 1.82) is 0 Å². The van der Waals surface area contributed by atoms with Gasteiger partial charge in [0.05, 0.1) is 11.8 Å². The Bertz CT molecular complexity index is 748. The van der Waals surface area contributed by atoms with Gasteiger partial charge in [-0.25, -0.2) is 8.42 Å². The molecule has 0 aliphatic rings. The molecule has 21 heavy (non-hydrogen) atoms. The van der Waals surface area contributed by atoms with Gasteiger partial charge in [-0.3, -0.25) is 4.98 Å². The highest BCUT2D eigenvalue weighted by Crippen LogP contribution is 2.27. The van der Waals surface area contributed by atoms with E-state index in [4.69, 9.17) is 10.3 Å². The first-order valence-corrected chi connectivity index (χ1v) is 9.49. The molecule has 7 nitrogen and oxygen atoms in total. The van der Waals surface area contributed by atoms with Crippen molar-refractivity contribution in [2.24, 2.45) is 5.73 Å². The Balaban J connectivity index is 2.17. The van der Waals surface area contributed by atoms with E-state index in [1.165, 1.54) is 0 Å². The standard InChI is InChI=1S/C11H12Br2N4O3S/c1-21(18,19)3-2-8(14)11-16-10(17-20-11)9-7(13)4-6(12)5-15-9/h4-5,8H,2-3,14H2,1H3. The fourth-order valence-electron chi connectivity index (χ4n) is 1.53. The number of halogens is 2. The number of rotatable bonds is 5. The van der Waals surface area contributed by atoms with Gasteiger partial charge in [0.2, 0.25) is 11.7 Å². The molecule has 0 spiro atoms. The highest BCUT2D eigenvalue weighted by atomic mass is 79.9. The van der Waals surface area contributed by atoms with E-state index in [0.717, 1.165) is 10.7 Å². The second-order valence-electron chi connectivity index (χ2n) is 4.47. The molecule has 0 aromatic carbocycles. The zero-order chi connectivity index (χ0) is 15.6. The average Bonchev–Trinajstić information content (AvgIpc) is 2.84. The first-order valence-electron chi connectivity index (χ1n) is 5.84. The van der Waals surface area contributed by atoms with E-state index in [0.29, 0.717) is 16.0 Å². The van der Waals surface area contributed by atoms with Gasteiger partial charge in [-0.2, -0.15) is 4.98 Å². The second kappa shape index (κ2) is 6.51. The Kier molecular flexibility index (Phi) is 5.12. The number of nitrogens with two attached hydrogens (primary N) is 1. The van der Waals surface area contributed by atoms with E-state index in [-0.39, 0.29) is 18.1 Å². The summed E-state index contributed by atoms with van der Waals surface area (Å²) in [5.41, 5.74) is 6.37. The van der Waals surface area contributed by atoms with Crippen LogP contribution in [0.25, 0.3) is 11.5 Å². The number of hydrogen-bond donors (Lipinski definition) is 1. The molecule has 0 radical (unpaired) electrons. The van der Waals surface area contributed by atoms with Gasteiger partial charge >= 0.3 is 0 Å². The molecule has 1 atom stereocenters. The summed E-state index contributed by atoms with van der Waals surface area (Å²) >= 11 is 6.66. The lowest BCUT2D eigenvalue weighted by Crippen LogP contribution is -2.16. The van der Waals surface area contributed by atoms with Crippen LogP contribution in [0.4, 0.5) is 0 Å². The number of pyridine rings is 1. The van der Waals surface area contributed by atoms with Crippen LogP contribution in [0.15, 0.2) is 25.7 Å². The van der Waals surface area contributed by atoms with E-state index in [9.17, 15) is 8.42 Å². The lowest BCUT2D eigenvalue weighted by Gasteiger charge is -2.04. The van der Waals surface area contributed by atoms with Crippen molar-refractivity contribution in [3.63, 3.8) is 0 Å². The molecule has 2 N–H and O–H groups in total. The highest BCUT2D eigenvalue weighted by molar-refractivity contribution is 9.11. The minimum absolute atomic E-state index is 0.0356. The minimum atomic E-state index is -3.08. The highest BCUT2D eigenvalue weighted by Gasteiger charge is 2.19. The smallest absolute Gasteiger partial charge is 0.243 e. The molecule has 0 saturated carbocycles. The van der Waals surface area contributed by atoms with E-state index in [1.807, 2.05) is 6.07 Å². The third-order valence-corrected chi connectivity index (χ3v) is 4.59. The van der Waals surface area contributed by atoms with Crippen molar-refractivity contribution in [2.75, 3.05) is 12.0 Å². The number of hydrogen-bond acceptors (Lipinski definition) is 7. The summed E-state index contributed by atoms with van der Waals surface area (Å²) in [6.07, 6.45) is 2.98. The monoisotopic (exact) mass is 438 g/mol. The van der Waals surface area contributed by atoms with E-state index >= 15 is 0 Å². The third-order valence-electron chi connectivity index (χ3n) is 2.58. The summed E-state index contributed by atoms with van der Waals surface area (Å²) in [6, 6.07) is 1.18. The summed E-state index contributed by atoms with van der Waals surface area (Å²) in [6.45, 7) is 0. The summed E-state index contributed by atoms with van der Waals surface area (Å²) < 4.78 is 28.8. The fourth-order valence-corrected chi connectivity index (χ4v) is 3.37. The maximum atomic E-state index is 11.1. The van der Waals surface area contributed by atoms with Crippen LogP contribution < -0.4 is 5.73 Å². The summed E-state index contributed by atoms with van der Waals surface area (Å²) in [5.74, 6) is 0.441. The third kappa shape index (κ3) is 4.56. The maximum absolute atomic E-state index is 11.1. The lowest BCUT2D eigenvalue weighted by molar-refractivity contribution is 0.352. The zero-order valence-corrected chi connectivity index (χ0v) is 14.9. The van der Waals surface area contributed by atoms with Crippen molar-refractivity contribution >= 4 is 41.7 Å². The van der Waals surface area contributed by atoms with Crippen LogP contribution in [-0.2, 0) is 9.84 Å². The van der Waals surface area contributed by atoms with Crippen molar-refractivity contribution < 1.29 is 12.9 Å². The van der Waals surface area contributed by atoms with Gasteiger partial charge in [-0.1, -0.05) is 5.16 Å². The first-order chi connectivity index (χ1) is 9.76. The van der Waals surface area contributed by atoms with Crippen molar-refractivity contribution in [2.45, 2.75) is 12.5 Å². The maximum Gasteiger partial charge on any atom is 0.243 e. The second-order valence-corrected chi connectivity index (χ2v) is 8.49. The molecule has 0 fully saturated rings. The molecule has 2 heterocycles. The predicted molar refractivity (Wildman–Crippen MR) is 84.2 cm³/mol. The topological polar surface area (TPSA) is 112 Å². The number of sulfone groups is 1. The van der Waals surface area contributed by atoms with Crippen LogP contribution in [0.5, 0.6) is 0 Å². The molecular formula is C11H12Br2N4O3S. The SMILES string of the molecule is CS(=O)(=O)CCC(N)c1nc(-c2ncc(Br)cc2Br)no1. The summed E-state index contributed by atoms with van der Waals surface area (Å²) in [4.78, 5) is 8.36. The summed E-state index contributed by atoms with van der Waals surface area (Å²) in [5, 5.41) is 3.82. The largest absolute Gasteiger partial charge is 0.337 e. The Morgan fingerprint density at radius 1 is 1.43 bits per heavy atom. The Morgan fingerprint density at radius 3 is 2.76 bits per heavy atom. The normalized spacial score (nSPS) is 13.3. The van der Waals surface area contributed by atoms with Crippen LogP contribution in [0, 0.1) is 0 Å². The number of aromatic nitrogens is 3. The fraction of sp³-hybridized carbons (Fsp3) is 0.364. The molecule has 1 unspecified atom stereocenters. The zero-order valence-electron chi connectivity index (χ0n) is 11.0. The Morgan fingerprint density at radius 2 is 2.14 bits per heavy atom. The van der Waals surface area contributed by atoms with E-state index in [2.05, 4.69) is 47.0 Å². The van der Waals surface area contributed by atoms with Crippen LogP contribution in [0.3, 0.4) is 0 Å². The van der Waals surface area contributed by atoms with Crippen LogP contribution in [0.2, 0.25) is 0 Å². The Hall–Kier alpha value is -0.840. The van der Waals surface area contributed by atoms with E-state index < -0.39 is 15.9 Å². The van der Waals surface area contributed by atoms with E-state index in [1.54, 1.807) is 6.20 Å². The molecule has 114 valence electrons. The molecule has 0 amide bonds. The Labute approximate surface area is 138 Å². The molecule has 0 saturated heterocycles. The molecule has 0 aliphatic carbocycles. The first kappa shape index (κ1) is 16.5. The predicted octanol–water partition coefficient (Wildman–Crippen LogP) is 2.09. The molecule has 2 aromatic rings. The van der Waals surface area contributed by atoms with Crippen LogP contribution in [-0.4, -0.2) is 35.6 Å². The van der Waals surface area contributed by atoms with Gasteiger partial charge in [-0.15, -0.1) is 0 Å². The van der Waals surface area contributed by atoms with Gasteiger partial charge in [0.25, 0.3) is 0 Å². The molecule has 0 aliphatic heterocycles. The lowest BCUT2D eigenvalue weighted by atomic mass is 10.2. The molecule has 2 rings (SSSR count). The summed E-state index contributed by atoms with van der Waals surface area (Å²) in [7, 11) is -3.08. The molecule has 10 heteroatoms. The van der Waals surface area contributed by atoms with Crippen molar-refractivity contribution in [1.82, 2.24) is 15.1 Å². The van der Waals surface area contributed by atoms with Gasteiger partial charge in [0.1, 0.15) is 15.5 Å². The molecule has 0 bridgehead atoms. The van der Waals surface area contributed by atoms with Crippen LogP contribution in [0.1, 0.15) is 18.4 Å². The van der Waals surface area contributed by atoms with Gasteiger partial charge in [0, 0.05) is 21.4 Å². The van der Waals surface area contributed by atoms with Gasteiger partial charge in [-0.05, 0) is 44.3 Å².